The first-order valence-corrected chi connectivity index (χ1v) is 8.53. The number of benzene rings is 1. The zero-order chi connectivity index (χ0) is 15.4. The van der Waals surface area contributed by atoms with Crippen LogP contribution in [-0.2, 0) is 15.9 Å². The quantitative estimate of drug-likeness (QED) is 0.749. The monoisotopic (exact) mass is 365 g/mol. The van der Waals surface area contributed by atoms with Crippen molar-refractivity contribution in [2.45, 2.75) is 32.0 Å². The van der Waals surface area contributed by atoms with E-state index < -0.39 is 0 Å². The van der Waals surface area contributed by atoms with Crippen LogP contribution in [0.3, 0.4) is 0 Å². The molecule has 5 heteroatoms. The molecule has 0 saturated carbocycles. The van der Waals surface area contributed by atoms with E-state index in [9.17, 15) is 4.79 Å². The highest BCUT2D eigenvalue weighted by atomic mass is 79.9. The van der Waals surface area contributed by atoms with Crippen molar-refractivity contribution < 1.29 is 14.3 Å². The molecule has 0 saturated heterocycles. The lowest BCUT2D eigenvalue weighted by atomic mass is 9.99. The summed E-state index contributed by atoms with van der Waals surface area (Å²) >= 11 is 3.46. The van der Waals surface area contributed by atoms with Crippen LogP contribution in [0, 0.1) is 0 Å². The Kier molecular flexibility index (Phi) is 5.16. The van der Waals surface area contributed by atoms with Crippen molar-refractivity contribution in [3.63, 3.8) is 0 Å². The number of carbonyl (C=O) groups excluding carboxylic acids is 1. The SMILES string of the molecule is O=C1c2ccc(Br)cc2CCN1CCCOC1CCC=CO1. The van der Waals surface area contributed by atoms with Crippen molar-refractivity contribution in [2.24, 2.45) is 0 Å². The van der Waals surface area contributed by atoms with E-state index in [0.717, 1.165) is 54.4 Å². The topological polar surface area (TPSA) is 38.8 Å². The standard InChI is InChI=1S/C17H20BrNO3/c18-14-5-6-15-13(12-14)7-9-19(17(15)20)8-3-11-22-16-4-1-2-10-21-16/h2,5-6,10,12,16H,1,3-4,7-9,11H2. The Morgan fingerprint density at radius 3 is 3.14 bits per heavy atom. The third-order valence-electron chi connectivity index (χ3n) is 4.01. The second-order valence-electron chi connectivity index (χ2n) is 5.58. The van der Waals surface area contributed by atoms with Crippen molar-refractivity contribution in [1.29, 1.82) is 0 Å². The van der Waals surface area contributed by atoms with Crippen LogP contribution >= 0.6 is 15.9 Å². The average Bonchev–Trinajstić information content (AvgIpc) is 2.54. The first kappa shape index (κ1) is 15.6. The lowest BCUT2D eigenvalue weighted by Gasteiger charge is -2.29. The number of hydrogen-bond donors (Lipinski definition) is 0. The predicted octanol–water partition coefficient (Wildman–Crippen LogP) is 3.50. The van der Waals surface area contributed by atoms with Crippen LogP contribution in [-0.4, -0.2) is 36.8 Å². The highest BCUT2D eigenvalue weighted by molar-refractivity contribution is 9.10. The molecule has 22 heavy (non-hydrogen) atoms. The van der Waals surface area contributed by atoms with Gasteiger partial charge in [-0.2, -0.15) is 0 Å². The number of hydrogen-bond acceptors (Lipinski definition) is 3. The highest BCUT2D eigenvalue weighted by Crippen LogP contribution is 2.23. The maximum atomic E-state index is 12.5. The molecule has 1 amide bonds. The zero-order valence-corrected chi connectivity index (χ0v) is 14.0. The van der Waals surface area contributed by atoms with Gasteiger partial charge in [0.25, 0.3) is 5.91 Å². The van der Waals surface area contributed by atoms with Gasteiger partial charge >= 0.3 is 0 Å². The number of ether oxygens (including phenoxy) is 2. The van der Waals surface area contributed by atoms with Gasteiger partial charge in [-0.3, -0.25) is 4.79 Å². The lowest BCUT2D eigenvalue weighted by Crippen LogP contribution is -2.38. The highest BCUT2D eigenvalue weighted by Gasteiger charge is 2.23. The van der Waals surface area contributed by atoms with Gasteiger partial charge in [0, 0.05) is 29.5 Å². The van der Waals surface area contributed by atoms with Gasteiger partial charge in [0.2, 0.25) is 0 Å². The fourth-order valence-electron chi connectivity index (χ4n) is 2.82. The van der Waals surface area contributed by atoms with E-state index in [1.807, 2.05) is 29.2 Å². The van der Waals surface area contributed by atoms with E-state index in [-0.39, 0.29) is 12.2 Å². The van der Waals surface area contributed by atoms with Gasteiger partial charge in [-0.1, -0.05) is 15.9 Å². The second kappa shape index (κ2) is 7.29. The van der Waals surface area contributed by atoms with Crippen molar-refractivity contribution in [3.8, 4) is 0 Å². The van der Waals surface area contributed by atoms with Crippen molar-refractivity contribution in [3.05, 3.63) is 46.1 Å². The van der Waals surface area contributed by atoms with Crippen LogP contribution in [0.15, 0.2) is 35.0 Å². The minimum absolute atomic E-state index is 0.125. The Hall–Kier alpha value is -1.33. The smallest absolute Gasteiger partial charge is 0.254 e. The summed E-state index contributed by atoms with van der Waals surface area (Å²) in [6, 6.07) is 5.88. The molecule has 1 atom stereocenters. The molecule has 0 bridgehead atoms. The van der Waals surface area contributed by atoms with E-state index in [2.05, 4.69) is 15.9 Å². The summed E-state index contributed by atoms with van der Waals surface area (Å²) in [4.78, 5) is 14.4. The summed E-state index contributed by atoms with van der Waals surface area (Å²) in [5, 5.41) is 0. The minimum Gasteiger partial charge on any atom is -0.473 e. The van der Waals surface area contributed by atoms with Crippen molar-refractivity contribution in [1.82, 2.24) is 4.90 Å². The molecule has 4 nitrogen and oxygen atoms in total. The van der Waals surface area contributed by atoms with Crippen LogP contribution in [0.1, 0.15) is 35.2 Å². The Morgan fingerprint density at radius 1 is 1.41 bits per heavy atom. The van der Waals surface area contributed by atoms with E-state index in [4.69, 9.17) is 9.47 Å². The van der Waals surface area contributed by atoms with Crippen LogP contribution in [0.4, 0.5) is 0 Å². The Bertz CT molecular complexity index is 573. The molecule has 0 fully saturated rings. The largest absolute Gasteiger partial charge is 0.473 e. The normalized spacial score (nSPS) is 20.7. The van der Waals surface area contributed by atoms with E-state index in [1.54, 1.807) is 6.26 Å². The predicted molar refractivity (Wildman–Crippen MR) is 87.6 cm³/mol. The van der Waals surface area contributed by atoms with Gasteiger partial charge in [0.05, 0.1) is 12.9 Å². The number of nitrogens with zero attached hydrogens (tertiary/aromatic N) is 1. The molecule has 0 N–H and O–H groups in total. The molecule has 0 spiro atoms. The average molecular weight is 366 g/mol. The lowest BCUT2D eigenvalue weighted by molar-refractivity contribution is -0.116. The van der Waals surface area contributed by atoms with Crippen molar-refractivity contribution >= 4 is 21.8 Å². The summed E-state index contributed by atoms with van der Waals surface area (Å²) in [6.07, 6.45) is 7.24. The molecule has 2 aliphatic heterocycles. The second-order valence-corrected chi connectivity index (χ2v) is 6.50. The number of amides is 1. The molecule has 118 valence electrons. The van der Waals surface area contributed by atoms with E-state index >= 15 is 0 Å². The maximum absolute atomic E-state index is 12.5. The maximum Gasteiger partial charge on any atom is 0.254 e. The molecular formula is C17H20BrNO3. The molecule has 1 unspecified atom stereocenters. The van der Waals surface area contributed by atoms with Gasteiger partial charge in [0.15, 0.2) is 6.29 Å². The van der Waals surface area contributed by atoms with Crippen LogP contribution < -0.4 is 0 Å². The zero-order valence-electron chi connectivity index (χ0n) is 12.5. The molecule has 2 aliphatic rings. The summed E-state index contributed by atoms with van der Waals surface area (Å²) in [7, 11) is 0. The van der Waals surface area contributed by atoms with Crippen LogP contribution in [0.5, 0.6) is 0 Å². The minimum atomic E-state index is -0.125. The summed E-state index contributed by atoms with van der Waals surface area (Å²) in [6.45, 7) is 2.14. The van der Waals surface area contributed by atoms with Gasteiger partial charge in [0.1, 0.15) is 0 Å². The summed E-state index contributed by atoms with van der Waals surface area (Å²) < 4.78 is 12.1. The number of carbonyl (C=O) groups is 1. The number of rotatable bonds is 5. The molecule has 0 aromatic heterocycles. The Balaban J connectivity index is 1.46. The Morgan fingerprint density at radius 2 is 2.32 bits per heavy atom. The first-order valence-electron chi connectivity index (χ1n) is 7.74. The molecule has 0 radical (unpaired) electrons. The third kappa shape index (κ3) is 3.70. The van der Waals surface area contributed by atoms with Crippen molar-refractivity contribution in [2.75, 3.05) is 19.7 Å². The van der Waals surface area contributed by atoms with Gasteiger partial charge in [-0.25, -0.2) is 0 Å². The summed E-state index contributed by atoms with van der Waals surface area (Å²) in [5.74, 6) is 0.130. The van der Waals surface area contributed by atoms with Gasteiger partial charge < -0.3 is 14.4 Å². The van der Waals surface area contributed by atoms with Crippen LogP contribution in [0.2, 0.25) is 0 Å². The molecule has 1 aromatic carbocycles. The fourth-order valence-corrected chi connectivity index (χ4v) is 3.23. The van der Waals surface area contributed by atoms with Crippen LogP contribution in [0.25, 0.3) is 0 Å². The molecule has 2 heterocycles. The molecule has 3 rings (SSSR count). The Labute approximate surface area is 139 Å². The number of halogens is 1. The third-order valence-corrected chi connectivity index (χ3v) is 4.50. The number of allylic oxidation sites excluding steroid dienone is 1. The molecule has 1 aromatic rings. The fraction of sp³-hybridized carbons (Fsp3) is 0.471. The number of fused-ring (bicyclic) bond motifs is 1. The molecular weight excluding hydrogens is 346 g/mol. The summed E-state index contributed by atoms with van der Waals surface area (Å²) in [5.41, 5.74) is 1.96. The van der Waals surface area contributed by atoms with Gasteiger partial charge in [-0.05, 0) is 49.1 Å². The van der Waals surface area contributed by atoms with E-state index in [1.165, 1.54) is 0 Å². The van der Waals surface area contributed by atoms with Gasteiger partial charge in [-0.15, -0.1) is 0 Å². The van der Waals surface area contributed by atoms with E-state index in [0.29, 0.717) is 6.61 Å². The first-order chi connectivity index (χ1) is 10.7. The molecule has 0 aliphatic carbocycles.